The molecule has 1 aliphatic carbocycles. The highest BCUT2D eigenvalue weighted by atomic mass is 16.2. The molecule has 0 heterocycles. The van der Waals surface area contributed by atoms with Gasteiger partial charge < -0.3 is 16.4 Å². The van der Waals surface area contributed by atoms with E-state index in [4.69, 9.17) is 5.73 Å². The van der Waals surface area contributed by atoms with Crippen molar-refractivity contribution in [2.45, 2.75) is 65.3 Å². The molecule has 1 fully saturated rings. The summed E-state index contributed by atoms with van der Waals surface area (Å²) >= 11 is 0. The minimum Gasteiger partial charge on any atom is -0.355 e. The van der Waals surface area contributed by atoms with Gasteiger partial charge in [-0.25, -0.2) is 0 Å². The van der Waals surface area contributed by atoms with Gasteiger partial charge in [-0.1, -0.05) is 6.92 Å². The van der Waals surface area contributed by atoms with E-state index in [0.717, 1.165) is 25.7 Å². The zero-order chi connectivity index (χ0) is 16.1. The van der Waals surface area contributed by atoms with Crippen LogP contribution in [-0.2, 0) is 9.59 Å². The van der Waals surface area contributed by atoms with E-state index in [0.29, 0.717) is 25.4 Å². The van der Waals surface area contributed by atoms with Gasteiger partial charge in [-0.2, -0.15) is 0 Å². The number of carbonyl (C=O) groups is 2. The van der Waals surface area contributed by atoms with Gasteiger partial charge in [-0.05, 0) is 52.4 Å². The summed E-state index contributed by atoms with van der Waals surface area (Å²) in [7, 11) is 0. The first kappa shape index (κ1) is 18.0. The lowest BCUT2D eigenvalue weighted by molar-refractivity contribution is -0.133. The lowest BCUT2D eigenvalue weighted by Gasteiger charge is -2.37. The van der Waals surface area contributed by atoms with Crippen molar-refractivity contribution in [2.75, 3.05) is 13.1 Å². The molecule has 4 N–H and O–H groups in total. The molecule has 122 valence electrons. The Kier molecular flexibility index (Phi) is 6.20. The number of amides is 2. The molecule has 0 bridgehead atoms. The van der Waals surface area contributed by atoms with Crippen LogP contribution in [0.2, 0.25) is 0 Å². The van der Waals surface area contributed by atoms with E-state index in [9.17, 15) is 9.59 Å². The van der Waals surface area contributed by atoms with Crippen molar-refractivity contribution in [3.05, 3.63) is 0 Å². The van der Waals surface area contributed by atoms with E-state index in [1.807, 2.05) is 20.8 Å². The number of nitrogens with one attached hydrogen (secondary N) is 2. The van der Waals surface area contributed by atoms with Crippen LogP contribution in [0.3, 0.4) is 0 Å². The fourth-order valence-corrected chi connectivity index (χ4v) is 2.80. The third kappa shape index (κ3) is 5.65. The average molecular weight is 297 g/mol. The maximum Gasteiger partial charge on any atom is 0.227 e. The zero-order valence-corrected chi connectivity index (χ0v) is 13.9. The lowest BCUT2D eigenvalue weighted by Crippen LogP contribution is -2.49. The van der Waals surface area contributed by atoms with Crippen LogP contribution in [0, 0.1) is 11.3 Å². The summed E-state index contributed by atoms with van der Waals surface area (Å²) in [6, 6.07) is 0. The standard InChI is InChI=1S/C16H31N3O2/c1-12-5-8-16(11-17,9-6-12)14(21)18-10-7-13(20)19-15(2,3)4/h12H,5-11,17H2,1-4H3,(H,18,21)(H,19,20). The van der Waals surface area contributed by atoms with Gasteiger partial charge in [0.1, 0.15) is 0 Å². The molecule has 1 saturated carbocycles. The van der Waals surface area contributed by atoms with Crippen molar-refractivity contribution in [3.8, 4) is 0 Å². The second-order valence-electron chi connectivity index (χ2n) is 7.47. The van der Waals surface area contributed by atoms with Crippen LogP contribution < -0.4 is 16.4 Å². The normalized spacial score (nSPS) is 26.2. The first-order chi connectivity index (χ1) is 9.68. The molecule has 0 spiro atoms. The van der Waals surface area contributed by atoms with Crippen LogP contribution >= 0.6 is 0 Å². The summed E-state index contributed by atoms with van der Waals surface area (Å²) in [6.07, 6.45) is 4.11. The monoisotopic (exact) mass is 297 g/mol. The van der Waals surface area contributed by atoms with E-state index in [2.05, 4.69) is 17.6 Å². The molecule has 0 aromatic heterocycles. The fourth-order valence-electron chi connectivity index (χ4n) is 2.80. The minimum atomic E-state index is -0.424. The summed E-state index contributed by atoms with van der Waals surface area (Å²) in [5.74, 6) is 0.650. The Morgan fingerprint density at radius 2 is 1.81 bits per heavy atom. The molecular formula is C16H31N3O2. The van der Waals surface area contributed by atoms with E-state index in [1.165, 1.54) is 0 Å². The molecule has 0 aromatic carbocycles. The van der Waals surface area contributed by atoms with Crippen molar-refractivity contribution in [3.63, 3.8) is 0 Å². The van der Waals surface area contributed by atoms with Gasteiger partial charge in [0, 0.05) is 25.0 Å². The third-order valence-corrected chi connectivity index (χ3v) is 4.26. The molecule has 1 rings (SSSR count). The Labute approximate surface area is 128 Å². The Bertz CT molecular complexity index is 366. The van der Waals surface area contributed by atoms with E-state index >= 15 is 0 Å². The molecule has 0 unspecified atom stereocenters. The number of hydrogen-bond donors (Lipinski definition) is 3. The van der Waals surface area contributed by atoms with Gasteiger partial charge in [0.2, 0.25) is 11.8 Å². The Hall–Kier alpha value is -1.10. The Morgan fingerprint density at radius 3 is 2.29 bits per heavy atom. The number of nitrogens with two attached hydrogens (primary N) is 1. The van der Waals surface area contributed by atoms with E-state index in [-0.39, 0.29) is 17.4 Å². The molecule has 1 aliphatic rings. The lowest BCUT2D eigenvalue weighted by atomic mass is 9.70. The van der Waals surface area contributed by atoms with Crippen molar-refractivity contribution in [2.24, 2.45) is 17.1 Å². The average Bonchev–Trinajstić information content (AvgIpc) is 2.37. The van der Waals surface area contributed by atoms with Gasteiger partial charge in [0.25, 0.3) is 0 Å². The highest BCUT2D eigenvalue weighted by Crippen LogP contribution is 2.38. The Balaban J connectivity index is 2.40. The predicted molar refractivity (Wildman–Crippen MR) is 84.6 cm³/mol. The van der Waals surface area contributed by atoms with Crippen LogP contribution in [0.25, 0.3) is 0 Å². The van der Waals surface area contributed by atoms with Crippen molar-refractivity contribution < 1.29 is 9.59 Å². The van der Waals surface area contributed by atoms with Crippen molar-refractivity contribution in [1.82, 2.24) is 10.6 Å². The molecule has 5 heteroatoms. The van der Waals surface area contributed by atoms with E-state index in [1.54, 1.807) is 0 Å². The van der Waals surface area contributed by atoms with Crippen LogP contribution in [0.4, 0.5) is 0 Å². The number of hydrogen-bond acceptors (Lipinski definition) is 3. The van der Waals surface area contributed by atoms with Crippen LogP contribution in [0.15, 0.2) is 0 Å². The summed E-state index contributed by atoms with van der Waals surface area (Å²) in [5, 5.41) is 5.78. The maximum atomic E-state index is 12.4. The Morgan fingerprint density at radius 1 is 1.24 bits per heavy atom. The summed E-state index contributed by atoms with van der Waals surface area (Å²) < 4.78 is 0. The zero-order valence-electron chi connectivity index (χ0n) is 13.9. The van der Waals surface area contributed by atoms with Gasteiger partial charge in [-0.3, -0.25) is 9.59 Å². The molecule has 0 saturated heterocycles. The van der Waals surface area contributed by atoms with Gasteiger partial charge in [-0.15, -0.1) is 0 Å². The van der Waals surface area contributed by atoms with Gasteiger partial charge in [0.15, 0.2) is 0 Å². The summed E-state index contributed by atoms with van der Waals surface area (Å²) in [5.41, 5.74) is 5.20. The van der Waals surface area contributed by atoms with Crippen molar-refractivity contribution >= 4 is 11.8 Å². The van der Waals surface area contributed by atoms with E-state index < -0.39 is 5.41 Å². The highest BCUT2D eigenvalue weighted by molar-refractivity contribution is 5.84. The second-order valence-corrected chi connectivity index (χ2v) is 7.47. The van der Waals surface area contributed by atoms with Crippen LogP contribution in [0.5, 0.6) is 0 Å². The predicted octanol–water partition coefficient (Wildman–Crippen LogP) is 1.56. The molecule has 0 radical (unpaired) electrons. The van der Waals surface area contributed by atoms with Crippen LogP contribution in [-0.4, -0.2) is 30.4 Å². The van der Waals surface area contributed by atoms with Crippen molar-refractivity contribution in [1.29, 1.82) is 0 Å². The molecule has 21 heavy (non-hydrogen) atoms. The molecule has 0 atom stereocenters. The molecular weight excluding hydrogens is 266 g/mol. The summed E-state index contributed by atoms with van der Waals surface area (Å²) in [4.78, 5) is 24.1. The molecule has 0 aromatic rings. The SMILES string of the molecule is CC1CCC(CN)(C(=O)NCCC(=O)NC(C)(C)C)CC1. The van der Waals surface area contributed by atoms with Gasteiger partial charge >= 0.3 is 0 Å². The number of rotatable bonds is 5. The number of carbonyl (C=O) groups excluding carboxylic acids is 2. The molecule has 5 nitrogen and oxygen atoms in total. The quantitative estimate of drug-likeness (QED) is 0.720. The first-order valence-corrected chi connectivity index (χ1v) is 7.98. The smallest absolute Gasteiger partial charge is 0.227 e. The van der Waals surface area contributed by atoms with Crippen LogP contribution in [0.1, 0.15) is 59.8 Å². The van der Waals surface area contributed by atoms with Gasteiger partial charge in [0.05, 0.1) is 5.41 Å². The molecule has 2 amide bonds. The second kappa shape index (κ2) is 7.25. The fraction of sp³-hybridized carbons (Fsp3) is 0.875. The largest absolute Gasteiger partial charge is 0.355 e. The third-order valence-electron chi connectivity index (χ3n) is 4.26. The topological polar surface area (TPSA) is 84.2 Å². The summed E-state index contributed by atoms with van der Waals surface area (Å²) in [6.45, 7) is 8.80. The first-order valence-electron chi connectivity index (χ1n) is 7.98. The molecule has 0 aliphatic heterocycles. The highest BCUT2D eigenvalue weighted by Gasteiger charge is 2.39. The maximum absolute atomic E-state index is 12.4. The minimum absolute atomic E-state index is 0.0143.